The van der Waals surface area contributed by atoms with Gasteiger partial charge in [-0.3, -0.25) is 9.88 Å². The number of pyridine rings is 1. The highest BCUT2D eigenvalue weighted by Crippen LogP contribution is 2.24. The van der Waals surface area contributed by atoms with Crippen molar-refractivity contribution in [2.24, 2.45) is 0 Å². The molecule has 6 nitrogen and oxygen atoms in total. The van der Waals surface area contributed by atoms with Gasteiger partial charge in [0.2, 0.25) is 0 Å². The Balaban J connectivity index is 1.80. The highest BCUT2D eigenvalue weighted by molar-refractivity contribution is 5.57. The average Bonchev–Trinajstić information content (AvgIpc) is 2.65. The van der Waals surface area contributed by atoms with Crippen LogP contribution in [0.1, 0.15) is 18.2 Å². The fourth-order valence-corrected chi connectivity index (χ4v) is 3.25. The number of methoxy groups -OCH3 is 1. The highest BCUT2D eigenvalue weighted by Gasteiger charge is 2.24. The average molecular weight is 341 g/mol. The fourth-order valence-electron chi connectivity index (χ4n) is 3.25. The Morgan fingerprint density at radius 1 is 1.12 bits per heavy atom. The zero-order valence-corrected chi connectivity index (χ0v) is 15.6. The summed E-state index contributed by atoms with van der Waals surface area (Å²) in [5, 5.41) is 0. The maximum Gasteiger partial charge on any atom is 0.180 e. The van der Waals surface area contributed by atoms with E-state index in [4.69, 9.17) is 9.72 Å². The summed E-state index contributed by atoms with van der Waals surface area (Å²) in [4.78, 5) is 18.7. The van der Waals surface area contributed by atoms with Crippen molar-refractivity contribution in [2.45, 2.75) is 26.8 Å². The number of nitrogens with zero attached hydrogens (tertiary/aromatic N) is 5. The van der Waals surface area contributed by atoms with E-state index in [-0.39, 0.29) is 0 Å². The van der Waals surface area contributed by atoms with Crippen LogP contribution in [0.3, 0.4) is 0 Å². The first-order valence-corrected chi connectivity index (χ1v) is 8.84. The lowest BCUT2D eigenvalue weighted by Crippen LogP contribution is -2.51. The number of hydrogen-bond acceptors (Lipinski definition) is 6. The second-order valence-corrected chi connectivity index (χ2v) is 6.62. The van der Waals surface area contributed by atoms with Gasteiger partial charge < -0.3 is 9.64 Å². The quantitative estimate of drug-likeness (QED) is 0.832. The third-order valence-corrected chi connectivity index (χ3v) is 4.90. The molecular formula is C19H27N5O. The number of piperazine rings is 1. The Bertz CT molecular complexity index is 698. The summed E-state index contributed by atoms with van der Waals surface area (Å²) in [6, 6.07) is 6.28. The highest BCUT2D eigenvalue weighted by atomic mass is 16.5. The van der Waals surface area contributed by atoms with E-state index in [0.717, 1.165) is 55.6 Å². The molecule has 134 valence electrons. The molecule has 2 aromatic heterocycles. The maximum atomic E-state index is 5.29. The minimum absolute atomic E-state index is 0.449. The van der Waals surface area contributed by atoms with Gasteiger partial charge in [0, 0.05) is 56.8 Å². The van der Waals surface area contributed by atoms with Crippen LogP contribution in [-0.2, 0) is 4.74 Å². The van der Waals surface area contributed by atoms with Crippen molar-refractivity contribution >= 4 is 5.82 Å². The summed E-state index contributed by atoms with van der Waals surface area (Å²) in [6.45, 7) is 11.1. The molecule has 0 radical (unpaired) electrons. The molecule has 0 aliphatic carbocycles. The lowest BCUT2D eigenvalue weighted by Gasteiger charge is -2.39. The van der Waals surface area contributed by atoms with Crippen molar-refractivity contribution in [3.05, 3.63) is 35.7 Å². The first-order chi connectivity index (χ1) is 12.1. The first kappa shape index (κ1) is 17.8. The minimum atomic E-state index is 0.449. The number of aromatic nitrogens is 3. The van der Waals surface area contributed by atoms with Gasteiger partial charge in [-0.2, -0.15) is 0 Å². The van der Waals surface area contributed by atoms with Crippen molar-refractivity contribution in [1.82, 2.24) is 19.9 Å². The van der Waals surface area contributed by atoms with Crippen LogP contribution in [0, 0.1) is 13.8 Å². The van der Waals surface area contributed by atoms with Gasteiger partial charge in [-0.05, 0) is 32.9 Å². The third-order valence-electron chi connectivity index (χ3n) is 4.90. The van der Waals surface area contributed by atoms with Gasteiger partial charge in [0.25, 0.3) is 0 Å². The normalized spacial score (nSPS) is 16.9. The van der Waals surface area contributed by atoms with Crippen LogP contribution in [0.4, 0.5) is 5.82 Å². The monoisotopic (exact) mass is 341 g/mol. The van der Waals surface area contributed by atoms with Crippen LogP contribution in [0.5, 0.6) is 0 Å². The SMILES string of the molecule is COCC(C)N1CCN(c2nc(-c3ccccn3)nc(C)c2C)CC1. The molecule has 0 N–H and O–H groups in total. The van der Waals surface area contributed by atoms with Gasteiger partial charge >= 0.3 is 0 Å². The van der Waals surface area contributed by atoms with Crippen LogP contribution in [-0.4, -0.2) is 65.8 Å². The molecule has 1 unspecified atom stereocenters. The van der Waals surface area contributed by atoms with Crippen molar-refractivity contribution in [1.29, 1.82) is 0 Å². The Kier molecular flexibility index (Phi) is 5.60. The Morgan fingerprint density at radius 3 is 2.52 bits per heavy atom. The Morgan fingerprint density at radius 2 is 1.88 bits per heavy atom. The maximum absolute atomic E-state index is 5.29. The van der Waals surface area contributed by atoms with Crippen LogP contribution in [0.25, 0.3) is 11.5 Å². The van der Waals surface area contributed by atoms with Gasteiger partial charge in [-0.15, -0.1) is 0 Å². The second-order valence-electron chi connectivity index (χ2n) is 6.62. The Labute approximate surface area is 149 Å². The van der Waals surface area contributed by atoms with Crippen LogP contribution in [0.2, 0.25) is 0 Å². The van der Waals surface area contributed by atoms with Gasteiger partial charge in [-0.1, -0.05) is 6.07 Å². The van der Waals surface area contributed by atoms with Crippen molar-refractivity contribution in [3.8, 4) is 11.5 Å². The zero-order valence-electron chi connectivity index (χ0n) is 15.6. The molecule has 0 saturated carbocycles. The molecule has 6 heteroatoms. The molecule has 0 amide bonds. The summed E-state index contributed by atoms with van der Waals surface area (Å²) in [7, 11) is 1.76. The molecular weight excluding hydrogens is 314 g/mol. The number of rotatable bonds is 5. The Hall–Kier alpha value is -2.05. The molecule has 2 aromatic rings. The molecule has 0 spiro atoms. The van der Waals surface area contributed by atoms with Crippen LogP contribution >= 0.6 is 0 Å². The summed E-state index contributed by atoms with van der Waals surface area (Å²) >= 11 is 0. The molecule has 0 bridgehead atoms. The lowest BCUT2D eigenvalue weighted by molar-refractivity contribution is 0.0952. The zero-order chi connectivity index (χ0) is 17.8. The molecule has 3 heterocycles. The van der Waals surface area contributed by atoms with Crippen LogP contribution < -0.4 is 4.90 Å². The second kappa shape index (κ2) is 7.89. The van der Waals surface area contributed by atoms with Crippen molar-refractivity contribution < 1.29 is 4.74 Å². The first-order valence-electron chi connectivity index (χ1n) is 8.84. The van der Waals surface area contributed by atoms with E-state index < -0.39 is 0 Å². The van der Waals surface area contributed by atoms with Crippen molar-refractivity contribution in [3.63, 3.8) is 0 Å². The fraction of sp³-hybridized carbons (Fsp3) is 0.526. The molecule has 1 aliphatic heterocycles. The molecule has 1 saturated heterocycles. The van der Waals surface area contributed by atoms with Gasteiger partial charge in [-0.25, -0.2) is 9.97 Å². The van der Waals surface area contributed by atoms with Gasteiger partial charge in [0.1, 0.15) is 11.5 Å². The van der Waals surface area contributed by atoms with E-state index in [0.29, 0.717) is 11.9 Å². The summed E-state index contributed by atoms with van der Waals surface area (Å²) in [5.74, 6) is 1.74. The lowest BCUT2D eigenvalue weighted by atomic mass is 10.2. The topological polar surface area (TPSA) is 54.4 Å². The number of hydrogen-bond donors (Lipinski definition) is 0. The smallest absolute Gasteiger partial charge is 0.180 e. The molecule has 1 atom stereocenters. The van der Waals surface area contributed by atoms with Crippen LogP contribution in [0.15, 0.2) is 24.4 Å². The predicted molar refractivity (Wildman–Crippen MR) is 99.9 cm³/mol. The summed E-state index contributed by atoms with van der Waals surface area (Å²) in [6.07, 6.45) is 1.78. The minimum Gasteiger partial charge on any atom is -0.383 e. The molecule has 0 aromatic carbocycles. The number of ether oxygens (including phenoxy) is 1. The van der Waals surface area contributed by atoms with E-state index in [1.807, 2.05) is 25.1 Å². The van der Waals surface area contributed by atoms with Gasteiger partial charge in [0.05, 0.1) is 6.61 Å². The van der Waals surface area contributed by atoms with E-state index in [1.165, 1.54) is 0 Å². The van der Waals surface area contributed by atoms with E-state index in [9.17, 15) is 0 Å². The summed E-state index contributed by atoms with van der Waals surface area (Å²) < 4.78 is 5.29. The third kappa shape index (κ3) is 3.96. The van der Waals surface area contributed by atoms with Crippen molar-refractivity contribution in [2.75, 3.05) is 44.8 Å². The standard InChI is InChI=1S/C19H27N5O/c1-14(13-25-4)23-9-11-24(12-10-23)19-15(2)16(3)21-18(22-19)17-7-5-6-8-20-17/h5-8,14H,9-13H2,1-4H3. The molecule has 1 fully saturated rings. The number of anilines is 1. The summed E-state index contributed by atoms with van der Waals surface area (Å²) in [5.41, 5.74) is 2.98. The molecule has 3 rings (SSSR count). The van der Waals surface area contributed by atoms with E-state index in [2.05, 4.69) is 33.6 Å². The number of aryl methyl sites for hydroxylation is 1. The predicted octanol–water partition coefficient (Wildman–Crippen LogP) is 2.31. The van der Waals surface area contributed by atoms with Gasteiger partial charge in [0.15, 0.2) is 5.82 Å². The molecule has 1 aliphatic rings. The van der Waals surface area contributed by atoms with E-state index in [1.54, 1.807) is 13.3 Å². The largest absolute Gasteiger partial charge is 0.383 e. The molecule has 25 heavy (non-hydrogen) atoms. The van der Waals surface area contributed by atoms with E-state index >= 15 is 0 Å².